The van der Waals surface area contributed by atoms with Crippen molar-refractivity contribution in [3.8, 4) is 28.4 Å². The summed E-state index contributed by atoms with van der Waals surface area (Å²) < 4.78 is 32.1. The zero-order valence-electron chi connectivity index (χ0n) is 24.7. The maximum absolute atomic E-state index is 14.7. The average molecular weight is 574 g/mol. The molecular weight excluding hydrogens is 537 g/mol. The summed E-state index contributed by atoms with van der Waals surface area (Å²) in [5.74, 6) is 0.961. The van der Waals surface area contributed by atoms with Crippen LogP contribution in [0, 0.1) is 19.7 Å². The Morgan fingerprint density at radius 1 is 1.02 bits per heavy atom. The van der Waals surface area contributed by atoms with Crippen LogP contribution in [0.25, 0.3) is 11.1 Å². The third-order valence-corrected chi connectivity index (χ3v) is 6.28. The highest BCUT2D eigenvalue weighted by Crippen LogP contribution is 2.41. The number of aryl methyl sites for hydroxylation is 1. The minimum atomic E-state index is -0.814. The van der Waals surface area contributed by atoms with E-state index in [1.165, 1.54) is 24.4 Å². The molecule has 9 nitrogen and oxygen atoms in total. The molecule has 10 heteroatoms. The number of carbonyl (C=O) groups excluding carboxylic acids is 1. The highest BCUT2D eigenvalue weighted by atomic mass is 19.1. The number of nitrogens with one attached hydrogen (secondary N) is 2. The van der Waals surface area contributed by atoms with Gasteiger partial charge >= 0.3 is 6.09 Å². The average Bonchev–Trinajstić information content (AvgIpc) is 2.92. The number of aromatic nitrogens is 2. The van der Waals surface area contributed by atoms with Gasteiger partial charge < -0.3 is 24.4 Å². The first-order valence-electron chi connectivity index (χ1n) is 13.6. The topological polar surface area (TPSA) is 97.8 Å². The lowest BCUT2D eigenvalue weighted by molar-refractivity contribution is 0.203. The van der Waals surface area contributed by atoms with Crippen molar-refractivity contribution in [3.05, 3.63) is 83.8 Å². The van der Waals surface area contributed by atoms with Crippen LogP contribution in [0.3, 0.4) is 0 Å². The molecule has 0 aliphatic heterocycles. The molecule has 220 valence electrons. The van der Waals surface area contributed by atoms with Gasteiger partial charge in [-0.3, -0.25) is 5.32 Å². The van der Waals surface area contributed by atoms with Crippen LogP contribution in [-0.2, 0) is 0 Å². The molecule has 2 N–H and O–H groups in total. The molecule has 0 unspecified atom stereocenters. The number of anilines is 3. The second-order valence-corrected chi connectivity index (χ2v) is 10.3. The predicted molar refractivity (Wildman–Crippen MR) is 163 cm³/mol. The molecule has 1 heterocycles. The molecule has 0 aliphatic rings. The van der Waals surface area contributed by atoms with Crippen molar-refractivity contribution in [2.75, 3.05) is 37.9 Å². The van der Waals surface area contributed by atoms with Crippen molar-refractivity contribution in [2.45, 2.75) is 33.8 Å². The molecule has 0 saturated heterocycles. The van der Waals surface area contributed by atoms with E-state index in [-0.39, 0.29) is 29.4 Å². The second kappa shape index (κ2) is 13.8. The van der Waals surface area contributed by atoms with Crippen LogP contribution in [-0.4, -0.2) is 54.3 Å². The molecule has 0 aliphatic carbocycles. The van der Waals surface area contributed by atoms with Gasteiger partial charge in [0.2, 0.25) is 5.95 Å². The molecule has 0 fully saturated rings. The molecule has 0 bridgehead atoms. The zero-order chi connectivity index (χ0) is 30.2. The van der Waals surface area contributed by atoms with Crippen molar-refractivity contribution in [2.24, 2.45) is 0 Å². The summed E-state index contributed by atoms with van der Waals surface area (Å²) in [6, 6.07) is 17.2. The lowest BCUT2D eigenvalue weighted by Gasteiger charge is -2.19. The van der Waals surface area contributed by atoms with Gasteiger partial charge in [-0.05, 0) is 94.9 Å². The third-order valence-electron chi connectivity index (χ3n) is 6.28. The molecular formula is C32H36FN5O4. The van der Waals surface area contributed by atoms with E-state index in [2.05, 4.69) is 20.6 Å². The number of benzene rings is 3. The Bertz CT molecular complexity index is 1530. The van der Waals surface area contributed by atoms with Crippen LogP contribution < -0.4 is 24.8 Å². The quantitative estimate of drug-likeness (QED) is 0.198. The van der Waals surface area contributed by atoms with E-state index < -0.39 is 11.9 Å². The summed E-state index contributed by atoms with van der Waals surface area (Å²) in [6.45, 7) is 8.93. The molecule has 1 aromatic heterocycles. The van der Waals surface area contributed by atoms with Crippen molar-refractivity contribution < 1.29 is 23.4 Å². The van der Waals surface area contributed by atoms with Crippen LogP contribution in [0.2, 0.25) is 0 Å². The second-order valence-electron chi connectivity index (χ2n) is 10.3. The van der Waals surface area contributed by atoms with Gasteiger partial charge in [-0.1, -0.05) is 18.2 Å². The number of amides is 1. The number of nitrogens with zero attached hydrogens (tertiary/aromatic N) is 3. The summed E-state index contributed by atoms with van der Waals surface area (Å²) in [4.78, 5) is 23.7. The Balaban J connectivity index is 1.51. The normalized spacial score (nSPS) is 11.0. The number of likely N-dealkylation sites (N-methyl/N-ethyl adjacent to an activating group) is 1. The van der Waals surface area contributed by atoms with Gasteiger partial charge in [-0.25, -0.2) is 14.2 Å². The fourth-order valence-electron chi connectivity index (χ4n) is 4.08. The standard InChI is InChI=1S/C32H36FN5O4/c1-20(2)41-28-19-23(33)18-27(26-9-7-8-21(3)22(26)4)30(28)42-32(39)37-29-14-15-34-31(36-29)35-24-10-12-25(13-11-24)40-17-16-38(5)6/h7-15,18-20H,16-17H2,1-6H3,(H2,34,35,36,37,39). The van der Waals surface area contributed by atoms with Crippen LogP contribution in [0.5, 0.6) is 17.2 Å². The van der Waals surface area contributed by atoms with E-state index >= 15 is 0 Å². The number of halogens is 1. The van der Waals surface area contributed by atoms with Crippen LogP contribution >= 0.6 is 0 Å². The Morgan fingerprint density at radius 3 is 2.50 bits per heavy atom. The Morgan fingerprint density at radius 2 is 1.79 bits per heavy atom. The molecule has 42 heavy (non-hydrogen) atoms. The number of rotatable bonds is 11. The van der Waals surface area contributed by atoms with Crippen LogP contribution in [0.15, 0.2) is 66.9 Å². The van der Waals surface area contributed by atoms with Gasteiger partial charge in [0.25, 0.3) is 0 Å². The van der Waals surface area contributed by atoms with E-state index in [4.69, 9.17) is 14.2 Å². The summed E-state index contributed by atoms with van der Waals surface area (Å²) in [6.07, 6.45) is 0.416. The lowest BCUT2D eigenvalue weighted by Crippen LogP contribution is -2.19. The van der Waals surface area contributed by atoms with Gasteiger partial charge in [0, 0.05) is 30.1 Å². The van der Waals surface area contributed by atoms with Crippen molar-refractivity contribution in [1.29, 1.82) is 0 Å². The predicted octanol–water partition coefficient (Wildman–Crippen LogP) is 6.98. The van der Waals surface area contributed by atoms with E-state index in [0.717, 1.165) is 34.7 Å². The minimum Gasteiger partial charge on any atom is -0.492 e. The molecule has 0 atom stereocenters. The SMILES string of the molecule is Cc1cccc(-c2cc(F)cc(OC(C)C)c2OC(=O)Nc2ccnc(Nc3ccc(OCCN(C)C)cc3)n2)c1C. The smallest absolute Gasteiger partial charge is 0.418 e. The highest BCUT2D eigenvalue weighted by molar-refractivity contribution is 5.88. The van der Waals surface area contributed by atoms with E-state index in [1.807, 2.05) is 89.2 Å². The number of ether oxygens (including phenoxy) is 3. The van der Waals surface area contributed by atoms with Crippen LogP contribution in [0.1, 0.15) is 25.0 Å². The molecule has 0 spiro atoms. The van der Waals surface area contributed by atoms with E-state index in [1.54, 1.807) is 0 Å². The summed E-state index contributed by atoms with van der Waals surface area (Å²) in [5, 5.41) is 5.74. The summed E-state index contributed by atoms with van der Waals surface area (Å²) in [7, 11) is 3.98. The zero-order valence-corrected chi connectivity index (χ0v) is 24.7. The van der Waals surface area contributed by atoms with Gasteiger partial charge in [-0.2, -0.15) is 4.98 Å². The maximum Gasteiger partial charge on any atom is 0.418 e. The van der Waals surface area contributed by atoms with Gasteiger partial charge in [0.15, 0.2) is 11.5 Å². The fourth-order valence-corrected chi connectivity index (χ4v) is 4.08. The maximum atomic E-state index is 14.7. The monoisotopic (exact) mass is 573 g/mol. The van der Waals surface area contributed by atoms with Gasteiger partial charge in [-0.15, -0.1) is 0 Å². The van der Waals surface area contributed by atoms with Gasteiger partial charge in [0.1, 0.15) is 24.0 Å². The molecule has 0 radical (unpaired) electrons. The number of hydrogen-bond acceptors (Lipinski definition) is 8. The van der Waals surface area contributed by atoms with E-state index in [0.29, 0.717) is 12.2 Å². The molecule has 4 rings (SSSR count). The number of hydrogen-bond donors (Lipinski definition) is 2. The Labute approximate surface area is 245 Å². The molecule has 3 aromatic carbocycles. The Hall–Kier alpha value is -4.70. The number of carbonyl (C=O) groups is 1. The fraction of sp³-hybridized carbons (Fsp3) is 0.281. The Kier molecular flexibility index (Phi) is 9.93. The largest absolute Gasteiger partial charge is 0.492 e. The van der Waals surface area contributed by atoms with Crippen molar-refractivity contribution in [1.82, 2.24) is 14.9 Å². The highest BCUT2D eigenvalue weighted by Gasteiger charge is 2.21. The minimum absolute atomic E-state index is 0.108. The van der Waals surface area contributed by atoms with Crippen molar-refractivity contribution >= 4 is 23.5 Å². The lowest BCUT2D eigenvalue weighted by atomic mass is 9.96. The first-order valence-corrected chi connectivity index (χ1v) is 13.6. The molecule has 0 saturated carbocycles. The summed E-state index contributed by atoms with van der Waals surface area (Å²) in [5.41, 5.74) is 3.83. The van der Waals surface area contributed by atoms with E-state index in [9.17, 15) is 9.18 Å². The molecule has 1 amide bonds. The van der Waals surface area contributed by atoms with Crippen molar-refractivity contribution in [3.63, 3.8) is 0 Å². The first-order chi connectivity index (χ1) is 20.1. The van der Waals surface area contributed by atoms with Crippen LogP contribution in [0.4, 0.5) is 26.6 Å². The molecule has 4 aromatic rings. The summed E-state index contributed by atoms with van der Waals surface area (Å²) >= 11 is 0. The first kappa shape index (κ1) is 30.3. The van der Waals surface area contributed by atoms with Gasteiger partial charge in [0.05, 0.1) is 6.10 Å². The third kappa shape index (κ3) is 8.17.